The minimum atomic E-state index is -0.201. The maximum Gasteiger partial charge on any atom is 0.322 e. The van der Waals surface area contributed by atoms with Crippen molar-refractivity contribution < 1.29 is 14.7 Å². The van der Waals surface area contributed by atoms with Crippen LogP contribution in [0.2, 0.25) is 0 Å². The van der Waals surface area contributed by atoms with Crippen LogP contribution in [0.15, 0.2) is 18.2 Å². The van der Waals surface area contributed by atoms with Crippen molar-refractivity contribution in [2.24, 2.45) is 0 Å². The number of hydrogen-bond acceptors (Lipinski definition) is 3. The van der Waals surface area contributed by atoms with Crippen molar-refractivity contribution >= 4 is 17.6 Å². The lowest BCUT2D eigenvalue weighted by atomic mass is 10.0. The molecule has 3 rings (SSSR count). The van der Waals surface area contributed by atoms with Crippen molar-refractivity contribution in [1.82, 2.24) is 9.80 Å². The Labute approximate surface area is 148 Å². The highest BCUT2D eigenvalue weighted by Gasteiger charge is 2.27. The third-order valence-corrected chi connectivity index (χ3v) is 5.30. The first-order valence-corrected chi connectivity index (χ1v) is 9.19. The summed E-state index contributed by atoms with van der Waals surface area (Å²) in [4.78, 5) is 28.9. The zero-order valence-corrected chi connectivity index (χ0v) is 14.8. The molecule has 1 unspecified atom stereocenters. The molecule has 1 atom stereocenters. The van der Waals surface area contributed by atoms with Gasteiger partial charge in [-0.1, -0.05) is 6.07 Å². The normalized spacial score (nSPS) is 20.6. The average molecular weight is 345 g/mol. The van der Waals surface area contributed by atoms with E-state index in [4.69, 9.17) is 0 Å². The van der Waals surface area contributed by atoms with Crippen LogP contribution in [0.3, 0.4) is 0 Å². The smallest absolute Gasteiger partial charge is 0.322 e. The topological polar surface area (TPSA) is 72.9 Å². The summed E-state index contributed by atoms with van der Waals surface area (Å²) >= 11 is 0. The summed E-state index contributed by atoms with van der Waals surface area (Å²) in [7, 11) is 0. The molecule has 3 amide bonds. The van der Waals surface area contributed by atoms with Gasteiger partial charge >= 0.3 is 6.03 Å². The van der Waals surface area contributed by atoms with E-state index in [9.17, 15) is 14.7 Å². The molecule has 0 saturated carbocycles. The number of carbonyl (C=O) groups excluding carboxylic acids is 2. The lowest BCUT2D eigenvalue weighted by Gasteiger charge is -2.34. The van der Waals surface area contributed by atoms with E-state index in [0.29, 0.717) is 17.8 Å². The van der Waals surface area contributed by atoms with Crippen LogP contribution in [0.5, 0.6) is 0 Å². The first-order chi connectivity index (χ1) is 12.1. The number of benzene rings is 1. The molecule has 2 aliphatic heterocycles. The highest BCUT2D eigenvalue weighted by Crippen LogP contribution is 2.24. The van der Waals surface area contributed by atoms with E-state index in [1.165, 1.54) is 0 Å². The number of piperidine rings is 1. The molecule has 2 heterocycles. The molecule has 1 aromatic carbocycles. The number of urea groups is 1. The van der Waals surface area contributed by atoms with Gasteiger partial charge in [0.25, 0.3) is 5.91 Å². The number of aliphatic hydroxyl groups is 1. The minimum absolute atomic E-state index is 0.0140. The molecule has 2 saturated heterocycles. The lowest BCUT2D eigenvalue weighted by Crippen LogP contribution is -2.47. The summed E-state index contributed by atoms with van der Waals surface area (Å²) in [5.74, 6) is 0.0392. The van der Waals surface area contributed by atoms with Crippen LogP contribution < -0.4 is 5.32 Å². The maximum atomic E-state index is 12.7. The van der Waals surface area contributed by atoms with E-state index >= 15 is 0 Å². The predicted molar refractivity (Wildman–Crippen MR) is 96.8 cm³/mol. The molecule has 136 valence electrons. The number of anilines is 1. The Morgan fingerprint density at radius 2 is 1.88 bits per heavy atom. The van der Waals surface area contributed by atoms with Crippen molar-refractivity contribution in [3.63, 3.8) is 0 Å². The summed E-state index contributed by atoms with van der Waals surface area (Å²) < 4.78 is 0. The second-order valence-electron chi connectivity index (χ2n) is 6.93. The van der Waals surface area contributed by atoms with Gasteiger partial charge in [-0.15, -0.1) is 0 Å². The Morgan fingerprint density at radius 3 is 2.60 bits per heavy atom. The summed E-state index contributed by atoms with van der Waals surface area (Å²) in [5, 5.41) is 12.4. The largest absolute Gasteiger partial charge is 0.394 e. The van der Waals surface area contributed by atoms with Gasteiger partial charge in [-0.25, -0.2) is 4.79 Å². The number of nitrogens with one attached hydrogen (secondary N) is 1. The average Bonchev–Trinajstić information content (AvgIpc) is 3.17. The second-order valence-corrected chi connectivity index (χ2v) is 6.93. The van der Waals surface area contributed by atoms with Crippen LogP contribution in [0, 0.1) is 6.92 Å². The van der Waals surface area contributed by atoms with E-state index in [0.717, 1.165) is 50.8 Å². The Hall–Kier alpha value is -2.08. The first-order valence-electron chi connectivity index (χ1n) is 9.19. The number of amides is 3. The quantitative estimate of drug-likeness (QED) is 0.884. The Morgan fingerprint density at radius 1 is 1.16 bits per heavy atom. The fourth-order valence-electron chi connectivity index (χ4n) is 3.74. The molecule has 2 aliphatic rings. The molecule has 1 aromatic rings. The first kappa shape index (κ1) is 17.7. The molecule has 25 heavy (non-hydrogen) atoms. The standard InChI is InChI=1S/C19H27N3O3/c1-14-16(18(24)21-10-4-5-11-21)8-6-9-17(14)20-19(25)22-12-3-2-7-15(22)13-23/h6,8-9,15,23H,2-5,7,10-13H2,1H3,(H,20,25). The number of aliphatic hydroxyl groups excluding tert-OH is 1. The van der Waals surface area contributed by atoms with Crippen LogP contribution in [-0.4, -0.2) is 59.1 Å². The van der Waals surface area contributed by atoms with E-state index in [1.807, 2.05) is 30.0 Å². The molecule has 6 heteroatoms. The van der Waals surface area contributed by atoms with Gasteiger partial charge in [0.15, 0.2) is 0 Å². The molecule has 0 bridgehead atoms. The Kier molecular flexibility index (Phi) is 5.58. The summed E-state index contributed by atoms with van der Waals surface area (Å²) in [6.45, 7) is 4.13. The Bertz CT molecular complexity index is 641. The van der Waals surface area contributed by atoms with E-state index in [2.05, 4.69) is 5.32 Å². The van der Waals surface area contributed by atoms with E-state index in [-0.39, 0.29) is 24.6 Å². The molecule has 2 N–H and O–H groups in total. The molecule has 0 aliphatic carbocycles. The van der Waals surface area contributed by atoms with Gasteiger partial charge in [-0.05, 0) is 56.7 Å². The van der Waals surface area contributed by atoms with Crippen molar-refractivity contribution in [2.75, 3.05) is 31.6 Å². The van der Waals surface area contributed by atoms with Crippen molar-refractivity contribution in [2.45, 2.75) is 45.1 Å². The zero-order valence-electron chi connectivity index (χ0n) is 14.8. The van der Waals surface area contributed by atoms with Gasteiger partial charge in [-0.2, -0.15) is 0 Å². The van der Waals surface area contributed by atoms with Crippen molar-refractivity contribution in [3.8, 4) is 0 Å². The fourth-order valence-corrected chi connectivity index (χ4v) is 3.74. The number of rotatable bonds is 3. The SMILES string of the molecule is Cc1c(NC(=O)N2CCCCC2CO)cccc1C(=O)N1CCCC1. The summed E-state index contributed by atoms with van der Waals surface area (Å²) in [5.41, 5.74) is 2.11. The van der Waals surface area contributed by atoms with Crippen molar-refractivity contribution in [3.05, 3.63) is 29.3 Å². The van der Waals surface area contributed by atoms with Crippen molar-refractivity contribution in [1.29, 1.82) is 0 Å². The van der Waals surface area contributed by atoms with Gasteiger partial charge in [0, 0.05) is 30.9 Å². The number of nitrogens with zero attached hydrogens (tertiary/aromatic N) is 2. The Balaban J connectivity index is 1.75. The highest BCUT2D eigenvalue weighted by molar-refractivity contribution is 5.99. The molecule has 6 nitrogen and oxygen atoms in total. The third kappa shape index (κ3) is 3.79. The highest BCUT2D eigenvalue weighted by atomic mass is 16.3. The number of carbonyl (C=O) groups is 2. The van der Waals surface area contributed by atoms with Crippen LogP contribution >= 0.6 is 0 Å². The van der Waals surface area contributed by atoms with E-state index in [1.54, 1.807) is 4.90 Å². The molecule has 0 radical (unpaired) electrons. The number of hydrogen-bond donors (Lipinski definition) is 2. The number of likely N-dealkylation sites (tertiary alicyclic amines) is 2. The lowest BCUT2D eigenvalue weighted by molar-refractivity contribution is 0.0792. The van der Waals surface area contributed by atoms with Gasteiger partial charge in [0.2, 0.25) is 0 Å². The minimum Gasteiger partial charge on any atom is -0.394 e. The molecular formula is C19H27N3O3. The molecular weight excluding hydrogens is 318 g/mol. The predicted octanol–water partition coefficient (Wildman–Crippen LogP) is 2.61. The van der Waals surface area contributed by atoms with Crippen LogP contribution in [0.1, 0.15) is 48.0 Å². The van der Waals surface area contributed by atoms with Gasteiger partial charge in [0.05, 0.1) is 12.6 Å². The summed E-state index contributed by atoms with van der Waals surface area (Å²) in [6, 6.07) is 5.14. The van der Waals surface area contributed by atoms with Gasteiger partial charge in [0.1, 0.15) is 0 Å². The fraction of sp³-hybridized carbons (Fsp3) is 0.579. The monoisotopic (exact) mass is 345 g/mol. The molecule has 0 aromatic heterocycles. The van der Waals surface area contributed by atoms with Gasteiger partial charge in [-0.3, -0.25) is 4.79 Å². The molecule has 2 fully saturated rings. The van der Waals surface area contributed by atoms with Crippen LogP contribution in [-0.2, 0) is 0 Å². The second kappa shape index (κ2) is 7.87. The maximum absolute atomic E-state index is 12.7. The van der Waals surface area contributed by atoms with Gasteiger partial charge < -0.3 is 20.2 Å². The van der Waals surface area contributed by atoms with Crippen LogP contribution in [0.4, 0.5) is 10.5 Å². The summed E-state index contributed by atoms with van der Waals surface area (Å²) in [6.07, 6.45) is 4.93. The van der Waals surface area contributed by atoms with Crippen LogP contribution in [0.25, 0.3) is 0 Å². The van der Waals surface area contributed by atoms with E-state index < -0.39 is 0 Å². The molecule has 0 spiro atoms. The zero-order chi connectivity index (χ0) is 17.8. The third-order valence-electron chi connectivity index (χ3n) is 5.30.